The van der Waals surface area contributed by atoms with Gasteiger partial charge in [-0.25, -0.2) is 0 Å². The third kappa shape index (κ3) is 5.52. The zero-order valence-corrected chi connectivity index (χ0v) is 16.3. The number of carbonyl (C=O) groups is 1. The second-order valence-corrected chi connectivity index (χ2v) is 6.59. The van der Waals surface area contributed by atoms with Gasteiger partial charge in [-0.15, -0.1) is 0 Å². The molecule has 0 saturated heterocycles. The molecular formula is C23H27NO4. The van der Waals surface area contributed by atoms with E-state index in [1.807, 2.05) is 18.2 Å². The number of fused-ring (bicyclic) bond motifs is 1. The average molecular weight is 381 g/mol. The second-order valence-electron chi connectivity index (χ2n) is 6.59. The summed E-state index contributed by atoms with van der Waals surface area (Å²) in [5, 5.41) is 2.89. The SMILES string of the molecule is CCCCCC=CCOc1ccc(C(=O)Nc2cccc3c2OCCO3)cc1. The minimum Gasteiger partial charge on any atom is -0.490 e. The predicted molar refractivity (Wildman–Crippen MR) is 111 cm³/mol. The topological polar surface area (TPSA) is 56.8 Å². The largest absolute Gasteiger partial charge is 0.490 e. The first-order valence-electron chi connectivity index (χ1n) is 9.85. The molecule has 1 amide bonds. The van der Waals surface area contributed by atoms with Crippen LogP contribution in [0.5, 0.6) is 17.2 Å². The highest BCUT2D eigenvalue weighted by Crippen LogP contribution is 2.37. The number of hydrogen-bond donors (Lipinski definition) is 1. The summed E-state index contributed by atoms with van der Waals surface area (Å²) in [7, 11) is 0. The van der Waals surface area contributed by atoms with Crippen LogP contribution in [0.1, 0.15) is 43.0 Å². The smallest absolute Gasteiger partial charge is 0.255 e. The summed E-state index contributed by atoms with van der Waals surface area (Å²) in [6.45, 7) is 3.72. The lowest BCUT2D eigenvalue weighted by Gasteiger charge is -2.21. The van der Waals surface area contributed by atoms with Crippen LogP contribution in [0.4, 0.5) is 5.69 Å². The van der Waals surface area contributed by atoms with Crippen molar-refractivity contribution in [1.82, 2.24) is 0 Å². The molecule has 1 aliphatic rings. The van der Waals surface area contributed by atoms with E-state index in [1.165, 1.54) is 19.3 Å². The van der Waals surface area contributed by atoms with Gasteiger partial charge in [-0.3, -0.25) is 4.79 Å². The minimum absolute atomic E-state index is 0.204. The Labute approximate surface area is 166 Å². The molecule has 0 fully saturated rings. The molecular weight excluding hydrogens is 354 g/mol. The van der Waals surface area contributed by atoms with E-state index < -0.39 is 0 Å². The van der Waals surface area contributed by atoms with Crippen molar-refractivity contribution in [3.8, 4) is 17.2 Å². The Morgan fingerprint density at radius 3 is 2.71 bits per heavy atom. The van der Waals surface area contributed by atoms with E-state index in [2.05, 4.69) is 18.3 Å². The van der Waals surface area contributed by atoms with Gasteiger partial charge in [-0.1, -0.05) is 38.0 Å². The van der Waals surface area contributed by atoms with E-state index in [-0.39, 0.29) is 5.91 Å². The predicted octanol–water partition coefficient (Wildman–Crippen LogP) is 5.23. The van der Waals surface area contributed by atoms with Crippen LogP contribution in [0.2, 0.25) is 0 Å². The first-order valence-corrected chi connectivity index (χ1v) is 9.85. The third-order valence-corrected chi connectivity index (χ3v) is 4.42. The van der Waals surface area contributed by atoms with Gasteiger partial charge in [0.15, 0.2) is 11.5 Å². The molecule has 3 rings (SSSR count). The molecule has 148 valence electrons. The van der Waals surface area contributed by atoms with E-state index in [0.717, 1.165) is 12.2 Å². The number of rotatable bonds is 9. The molecule has 0 atom stereocenters. The molecule has 0 aromatic heterocycles. The van der Waals surface area contributed by atoms with Crippen LogP contribution in [-0.4, -0.2) is 25.7 Å². The van der Waals surface area contributed by atoms with Crippen molar-refractivity contribution in [3.63, 3.8) is 0 Å². The van der Waals surface area contributed by atoms with Crippen molar-refractivity contribution < 1.29 is 19.0 Å². The van der Waals surface area contributed by atoms with Crippen LogP contribution in [-0.2, 0) is 0 Å². The lowest BCUT2D eigenvalue weighted by Crippen LogP contribution is -2.18. The summed E-state index contributed by atoms with van der Waals surface area (Å²) >= 11 is 0. The molecule has 0 aliphatic carbocycles. The highest BCUT2D eigenvalue weighted by Gasteiger charge is 2.17. The fraction of sp³-hybridized carbons (Fsp3) is 0.348. The summed E-state index contributed by atoms with van der Waals surface area (Å²) in [5.41, 5.74) is 1.16. The number of ether oxygens (including phenoxy) is 3. The number of hydrogen-bond acceptors (Lipinski definition) is 4. The van der Waals surface area contributed by atoms with E-state index in [4.69, 9.17) is 14.2 Å². The van der Waals surface area contributed by atoms with Crippen LogP contribution < -0.4 is 19.5 Å². The zero-order valence-electron chi connectivity index (χ0n) is 16.3. The van der Waals surface area contributed by atoms with Gasteiger partial charge in [0.25, 0.3) is 5.91 Å². The minimum atomic E-state index is -0.204. The Morgan fingerprint density at radius 1 is 1.07 bits per heavy atom. The van der Waals surface area contributed by atoms with Crippen LogP contribution in [0, 0.1) is 0 Å². The van der Waals surface area contributed by atoms with Gasteiger partial charge >= 0.3 is 0 Å². The number of para-hydroxylation sites is 1. The number of anilines is 1. The van der Waals surface area contributed by atoms with Gasteiger partial charge in [0.1, 0.15) is 25.6 Å². The average Bonchev–Trinajstić information content (AvgIpc) is 2.74. The number of unbranched alkanes of at least 4 members (excludes halogenated alkanes) is 3. The molecule has 5 heteroatoms. The Hall–Kier alpha value is -2.95. The molecule has 2 aromatic rings. The fourth-order valence-corrected chi connectivity index (χ4v) is 2.91. The van der Waals surface area contributed by atoms with E-state index in [0.29, 0.717) is 42.6 Å². The first-order chi connectivity index (χ1) is 13.8. The number of carbonyl (C=O) groups excluding carboxylic acids is 1. The Bertz CT molecular complexity index is 799. The van der Waals surface area contributed by atoms with Crippen LogP contribution in [0.25, 0.3) is 0 Å². The van der Waals surface area contributed by atoms with Crippen molar-refractivity contribution in [2.45, 2.75) is 32.6 Å². The summed E-state index contributed by atoms with van der Waals surface area (Å²) in [6, 6.07) is 12.6. The number of allylic oxidation sites excluding steroid dienone is 1. The normalized spacial score (nSPS) is 12.8. The third-order valence-electron chi connectivity index (χ3n) is 4.42. The quantitative estimate of drug-likeness (QED) is 0.478. The summed E-state index contributed by atoms with van der Waals surface area (Å²) in [4.78, 5) is 12.5. The monoisotopic (exact) mass is 381 g/mol. The maximum absolute atomic E-state index is 12.5. The lowest BCUT2D eigenvalue weighted by atomic mass is 10.2. The van der Waals surface area contributed by atoms with Gasteiger partial charge in [-0.05, 0) is 49.2 Å². The van der Waals surface area contributed by atoms with Crippen molar-refractivity contribution in [3.05, 3.63) is 60.2 Å². The lowest BCUT2D eigenvalue weighted by molar-refractivity contribution is 0.102. The summed E-state index contributed by atoms with van der Waals surface area (Å²) < 4.78 is 16.9. The van der Waals surface area contributed by atoms with Gasteiger partial charge in [0.2, 0.25) is 0 Å². The van der Waals surface area contributed by atoms with E-state index in [9.17, 15) is 4.79 Å². The molecule has 0 spiro atoms. The van der Waals surface area contributed by atoms with Crippen LogP contribution in [0.3, 0.4) is 0 Å². The summed E-state index contributed by atoms with van der Waals surface area (Å²) in [5.74, 6) is 1.76. The zero-order chi connectivity index (χ0) is 19.6. The summed E-state index contributed by atoms with van der Waals surface area (Å²) in [6.07, 6.45) is 9.00. The van der Waals surface area contributed by atoms with E-state index in [1.54, 1.807) is 30.3 Å². The molecule has 0 radical (unpaired) electrons. The molecule has 0 bridgehead atoms. The number of amides is 1. The van der Waals surface area contributed by atoms with Crippen LogP contribution >= 0.6 is 0 Å². The Morgan fingerprint density at radius 2 is 1.89 bits per heavy atom. The van der Waals surface area contributed by atoms with Crippen molar-refractivity contribution in [2.24, 2.45) is 0 Å². The Kier molecular flexibility index (Phi) is 7.36. The molecule has 5 nitrogen and oxygen atoms in total. The molecule has 1 aliphatic heterocycles. The van der Waals surface area contributed by atoms with E-state index >= 15 is 0 Å². The maximum atomic E-state index is 12.5. The highest BCUT2D eigenvalue weighted by molar-refractivity contribution is 6.05. The van der Waals surface area contributed by atoms with Crippen molar-refractivity contribution >= 4 is 11.6 Å². The molecule has 2 aromatic carbocycles. The Balaban J connectivity index is 1.52. The highest BCUT2D eigenvalue weighted by atomic mass is 16.6. The van der Waals surface area contributed by atoms with Gasteiger partial charge in [0, 0.05) is 5.56 Å². The van der Waals surface area contributed by atoms with Crippen molar-refractivity contribution in [2.75, 3.05) is 25.1 Å². The van der Waals surface area contributed by atoms with Gasteiger partial charge in [0.05, 0.1) is 5.69 Å². The molecule has 28 heavy (non-hydrogen) atoms. The number of nitrogens with one attached hydrogen (secondary N) is 1. The number of benzene rings is 2. The molecule has 0 unspecified atom stereocenters. The van der Waals surface area contributed by atoms with Crippen LogP contribution in [0.15, 0.2) is 54.6 Å². The van der Waals surface area contributed by atoms with Gasteiger partial charge < -0.3 is 19.5 Å². The first kappa shape index (κ1) is 19.8. The molecule has 0 saturated carbocycles. The fourth-order valence-electron chi connectivity index (χ4n) is 2.91. The molecule has 1 heterocycles. The van der Waals surface area contributed by atoms with Crippen molar-refractivity contribution in [1.29, 1.82) is 0 Å². The maximum Gasteiger partial charge on any atom is 0.255 e. The molecule has 1 N–H and O–H groups in total. The standard InChI is InChI=1S/C23H27NO4/c1-2-3-4-5-6-7-15-26-19-13-11-18(12-14-19)23(25)24-20-9-8-10-21-22(20)28-17-16-27-21/h6-14H,2-5,15-17H2,1H3,(H,24,25). The second kappa shape index (κ2) is 10.4. The van der Waals surface area contributed by atoms with Gasteiger partial charge in [-0.2, -0.15) is 0 Å².